The van der Waals surface area contributed by atoms with Gasteiger partial charge in [0, 0.05) is 37.7 Å². The maximum atomic E-state index is 14.5. The molecule has 5 rings (SSSR count). The van der Waals surface area contributed by atoms with Crippen LogP contribution in [0.4, 0.5) is 14.6 Å². The van der Waals surface area contributed by atoms with Crippen LogP contribution in [-0.2, 0) is 0 Å². The van der Waals surface area contributed by atoms with Crippen LogP contribution in [0.2, 0.25) is 0 Å². The van der Waals surface area contributed by atoms with Crippen molar-refractivity contribution in [2.45, 2.75) is 25.0 Å². The molecule has 0 aliphatic carbocycles. The monoisotopic (exact) mass is 470 g/mol. The Morgan fingerprint density at radius 1 is 1.21 bits per heavy atom. The molecule has 1 N–H and O–H groups in total. The van der Waals surface area contributed by atoms with Crippen molar-refractivity contribution in [1.82, 2.24) is 24.4 Å². The lowest BCUT2D eigenvalue weighted by Crippen LogP contribution is -2.32. The summed E-state index contributed by atoms with van der Waals surface area (Å²) in [5.41, 5.74) is 1.13. The summed E-state index contributed by atoms with van der Waals surface area (Å²) in [5, 5.41) is 15.1. The van der Waals surface area contributed by atoms with E-state index in [4.69, 9.17) is 0 Å². The second-order valence-corrected chi connectivity index (χ2v) is 9.42. The molecule has 3 aromatic rings. The second-order valence-electron chi connectivity index (χ2n) is 9.42. The molecule has 1 aromatic carbocycles. The third kappa shape index (κ3) is 4.12. The average molecular weight is 471 g/mol. The molecule has 0 saturated carbocycles. The van der Waals surface area contributed by atoms with Gasteiger partial charge >= 0.3 is 0 Å². The molecule has 8 nitrogen and oxygen atoms in total. The number of halogens is 2. The Morgan fingerprint density at radius 3 is 2.82 bits per heavy atom. The Kier molecular flexibility index (Phi) is 5.95. The Balaban J connectivity index is 1.43. The van der Waals surface area contributed by atoms with Crippen molar-refractivity contribution < 1.29 is 18.7 Å². The summed E-state index contributed by atoms with van der Waals surface area (Å²) >= 11 is 0. The minimum atomic E-state index is -0.583. The highest BCUT2D eigenvalue weighted by atomic mass is 19.1. The Bertz CT molecular complexity index is 1220. The highest BCUT2D eigenvalue weighted by Gasteiger charge is 2.36. The number of aliphatic hydroxyl groups excluding tert-OH is 1. The fraction of sp³-hybridized carbons (Fsp3) is 0.458. The molecule has 2 saturated heterocycles. The number of aromatic nitrogens is 3. The first kappa shape index (κ1) is 22.7. The van der Waals surface area contributed by atoms with Crippen molar-refractivity contribution >= 4 is 17.4 Å². The van der Waals surface area contributed by atoms with E-state index in [1.54, 1.807) is 17.0 Å². The number of hydrogen-bond donors (Lipinski definition) is 1. The zero-order valence-electron chi connectivity index (χ0n) is 19.2. The lowest BCUT2D eigenvalue weighted by Gasteiger charge is -2.26. The van der Waals surface area contributed by atoms with E-state index < -0.39 is 17.7 Å². The molecule has 2 aromatic heterocycles. The van der Waals surface area contributed by atoms with Gasteiger partial charge in [-0.25, -0.2) is 18.3 Å². The summed E-state index contributed by atoms with van der Waals surface area (Å²) in [4.78, 5) is 23.2. The first-order chi connectivity index (χ1) is 16.3. The number of aliphatic hydroxyl groups is 1. The number of likely N-dealkylation sites (tertiary alicyclic amines) is 1. The van der Waals surface area contributed by atoms with Crippen LogP contribution in [0, 0.1) is 17.6 Å². The van der Waals surface area contributed by atoms with Crippen LogP contribution in [0.1, 0.15) is 34.9 Å². The van der Waals surface area contributed by atoms with Crippen molar-refractivity contribution in [2.75, 3.05) is 45.2 Å². The largest absolute Gasteiger partial charge is 0.391 e. The van der Waals surface area contributed by atoms with Gasteiger partial charge in [-0.3, -0.25) is 4.79 Å². The molecule has 0 bridgehead atoms. The summed E-state index contributed by atoms with van der Waals surface area (Å²) in [6, 6.07) is 6.72. The van der Waals surface area contributed by atoms with E-state index in [2.05, 4.69) is 10.1 Å². The fourth-order valence-corrected chi connectivity index (χ4v) is 5.13. The first-order valence-corrected chi connectivity index (χ1v) is 11.5. The van der Waals surface area contributed by atoms with E-state index in [-0.39, 0.29) is 24.4 Å². The third-order valence-corrected chi connectivity index (χ3v) is 6.72. The highest BCUT2D eigenvalue weighted by molar-refractivity contribution is 5.93. The van der Waals surface area contributed by atoms with E-state index in [0.29, 0.717) is 48.8 Å². The van der Waals surface area contributed by atoms with E-state index in [1.807, 2.05) is 23.9 Å². The van der Waals surface area contributed by atoms with Crippen molar-refractivity contribution in [3.8, 4) is 0 Å². The predicted octanol–water partition coefficient (Wildman–Crippen LogP) is 2.34. The summed E-state index contributed by atoms with van der Waals surface area (Å²) in [7, 11) is 3.88. The number of anilines is 1. The van der Waals surface area contributed by atoms with Crippen molar-refractivity contribution in [3.63, 3.8) is 0 Å². The van der Waals surface area contributed by atoms with Gasteiger partial charge in [0.15, 0.2) is 11.3 Å². The van der Waals surface area contributed by atoms with Gasteiger partial charge in [-0.1, -0.05) is 0 Å². The Morgan fingerprint density at radius 2 is 2.03 bits per heavy atom. The van der Waals surface area contributed by atoms with E-state index in [0.717, 1.165) is 18.6 Å². The number of β-amino-alcohol motifs (C(OH)–C–C–N with tert-alkyl or cyclic N) is 1. The minimum absolute atomic E-state index is 0.0202. The van der Waals surface area contributed by atoms with Gasteiger partial charge in [-0.15, -0.1) is 5.10 Å². The standard InChI is InChI=1S/C24H28F2N6O2/c1-29(2)12-15-13-30(14-21(15)33)24(34)20-11-27-22-7-8-23(28-32(20)22)31-9-3-4-19(31)17-10-16(25)5-6-18(17)26/h5-8,10-11,15,19,21,33H,3-4,9,12-14H2,1-2H3/t15?,19-,21?/m1/s1. The smallest absolute Gasteiger partial charge is 0.274 e. The predicted molar refractivity (Wildman–Crippen MR) is 123 cm³/mol. The maximum Gasteiger partial charge on any atom is 0.274 e. The van der Waals surface area contributed by atoms with Gasteiger partial charge in [-0.2, -0.15) is 0 Å². The molecule has 2 aliphatic heterocycles. The zero-order valence-corrected chi connectivity index (χ0v) is 19.2. The number of imidazole rings is 1. The number of carbonyl (C=O) groups is 1. The van der Waals surface area contributed by atoms with Crippen molar-refractivity contribution in [3.05, 3.63) is 59.4 Å². The lowest BCUT2D eigenvalue weighted by atomic mass is 10.0. The number of carbonyl (C=O) groups excluding carboxylic acids is 1. The van der Waals surface area contributed by atoms with Gasteiger partial charge in [0.1, 0.15) is 17.5 Å². The molecule has 1 amide bonds. The van der Waals surface area contributed by atoms with Gasteiger partial charge < -0.3 is 19.8 Å². The topological polar surface area (TPSA) is 77.2 Å². The van der Waals surface area contributed by atoms with Gasteiger partial charge in [-0.05, 0) is 57.3 Å². The molecule has 10 heteroatoms. The fourth-order valence-electron chi connectivity index (χ4n) is 5.13. The number of rotatable bonds is 5. The zero-order chi connectivity index (χ0) is 24.0. The number of amides is 1. The normalized spacial score (nSPS) is 22.9. The number of benzene rings is 1. The van der Waals surface area contributed by atoms with Crippen LogP contribution in [0.3, 0.4) is 0 Å². The van der Waals surface area contributed by atoms with Crippen LogP contribution < -0.4 is 4.90 Å². The highest BCUT2D eigenvalue weighted by Crippen LogP contribution is 2.36. The molecule has 0 spiro atoms. The molecule has 180 valence electrons. The van der Waals surface area contributed by atoms with Gasteiger partial charge in [0.2, 0.25) is 0 Å². The minimum Gasteiger partial charge on any atom is -0.391 e. The summed E-state index contributed by atoms with van der Waals surface area (Å²) in [6.45, 7) is 2.05. The van der Waals surface area contributed by atoms with Crippen LogP contribution in [-0.4, -0.2) is 81.8 Å². The van der Waals surface area contributed by atoms with E-state index in [1.165, 1.54) is 16.8 Å². The van der Waals surface area contributed by atoms with Crippen LogP contribution in [0.5, 0.6) is 0 Å². The molecular weight excluding hydrogens is 442 g/mol. The summed E-state index contributed by atoms with van der Waals surface area (Å²) in [5.74, 6) is -0.621. The number of fused-ring (bicyclic) bond motifs is 1. The average Bonchev–Trinajstić information content (AvgIpc) is 3.53. The molecule has 3 atom stereocenters. The second kappa shape index (κ2) is 8.92. The van der Waals surface area contributed by atoms with Crippen molar-refractivity contribution in [2.24, 2.45) is 5.92 Å². The first-order valence-electron chi connectivity index (χ1n) is 11.5. The molecule has 2 fully saturated rings. The van der Waals surface area contributed by atoms with Crippen LogP contribution in [0.25, 0.3) is 5.65 Å². The number of hydrogen-bond acceptors (Lipinski definition) is 6. The Hall–Kier alpha value is -3.11. The maximum absolute atomic E-state index is 14.5. The van der Waals surface area contributed by atoms with Crippen molar-refractivity contribution in [1.29, 1.82) is 0 Å². The number of nitrogens with zero attached hydrogens (tertiary/aromatic N) is 6. The quantitative estimate of drug-likeness (QED) is 0.617. The molecule has 0 radical (unpaired) electrons. The van der Waals surface area contributed by atoms with E-state index >= 15 is 0 Å². The van der Waals surface area contributed by atoms with Gasteiger partial charge in [0.25, 0.3) is 5.91 Å². The molecule has 34 heavy (non-hydrogen) atoms. The Labute approximate surface area is 196 Å². The van der Waals surface area contributed by atoms with Crippen LogP contribution in [0.15, 0.2) is 36.5 Å². The SMILES string of the molecule is CN(C)CC1CN(C(=O)c2cnc3ccc(N4CCC[C@@H]4c4cc(F)ccc4F)nn23)CC1O. The summed E-state index contributed by atoms with van der Waals surface area (Å²) < 4.78 is 29.8. The van der Waals surface area contributed by atoms with E-state index in [9.17, 15) is 18.7 Å². The molecule has 4 heterocycles. The third-order valence-electron chi connectivity index (χ3n) is 6.72. The molecule has 2 unspecified atom stereocenters. The molecule has 2 aliphatic rings. The summed E-state index contributed by atoms with van der Waals surface area (Å²) in [6.07, 6.45) is 2.40. The van der Waals surface area contributed by atoms with Crippen LogP contribution >= 0.6 is 0 Å². The lowest BCUT2D eigenvalue weighted by molar-refractivity contribution is 0.0756. The van der Waals surface area contributed by atoms with Gasteiger partial charge in [0.05, 0.1) is 18.3 Å². The molecular formula is C24H28F2N6O2.